The van der Waals surface area contributed by atoms with Crippen molar-refractivity contribution in [2.45, 2.75) is 25.7 Å². The van der Waals surface area contributed by atoms with Crippen LogP contribution >= 0.6 is 0 Å². The predicted octanol–water partition coefficient (Wildman–Crippen LogP) is 2.44. The molecular weight excluding hydrogens is 234 g/mol. The SMILES string of the molecule is CNCCCNCC(C)(C)c1ccc(F)c(F)c1. The second-order valence-electron chi connectivity index (χ2n) is 5.15. The molecule has 2 N–H and O–H groups in total. The quantitative estimate of drug-likeness (QED) is 0.732. The van der Waals surface area contributed by atoms with E-state index in [0.717, 1.165) is 31.6 Å². The van der Waals surface area contributed by atoms with E-state index in [1.165, 1.54) is 12.1 Å². The highest BCUT2D eigenvalue weighted by molar-refractivity contribution is 5.25. The minimum Gasteiger partial charge on any atom is -0.320 e. The smallest absolute Gasteiger partial charge is 0.159 e. The lowest BCUT2D eigenvalue weighted by Gasteiger charge is -2.26. The van der Waals surface area contributed by atoms with Gasteiger partial charge >= 0.3 is 0 Å². The largest absolute Gasteiger partial charge is 0.320 e. The lowest BCUT2D eigenvalue weighted by atomic mass is 9.84. The Morgan fingerprint density at radius 1 is 1.11 bits per heavy atom. The Morgan fingerprint density at radius 2 is 1.83 bits per heavy atom. The number of nitrogens with one attached hydrogen (secondary N) is 2. The third kappa shape index (κ3) is 4.35. The van der Waals surface area contributed by atoms with Crippen LogP contribution in [0.1, 0.15) is 25.8 Å². The van der Waals surface area contributed by atoms with Crippen LogP contribution < -0.4 is 10.6 Å². The van der Waals surface area contributed by atoms with Crippen molar-refractivity contribution >= 4 is 0 Å². The molecule has 0 aliphatic heterocycles. The summed E-state index contributed by atoms with van der Waals surface area (Å²) in [6.07, 6.45) is 1.05. The molecule has 0 unspecified atom stereocenters. The summed E-state index contributed by atoms with van der Waals surface area (Å²) >= 11 is 0. The first-order chi connectivity index (χ1) is 8.47. The molecule has 1 aromatic rings. The van der Waals surface area contributed by atoms with Crippen LogP contribution in [-0.4, -0.2) is 26.7 Å². The van der Waals surface area contributed by atoms with Crippen LogP contribution in [-0.2, 0) is 5.41 Å². The van der Waals surface area contributed by atoms with Gasteiger partial charge in [0.15, 0.2) is 11.6 Å². The van der Waals surface area contributed by atoms with Gasteiger partial charge in [0.2, 0.25) is 0 Å². The van der Waals surface area contributed by atoms with E-state index in [0.29, 0.717) is 0 Å². The van der Waals surface area contributed by atoms with E-state index in [4.69, 9.17) is 0 Å². The molecule has 0 saturated carbocycles. The van der Waals surface area contributed by atoms with Crippen molar-refractivity contribution in [1.29, 1.82) is 0 Å². The molecule has 0 fully saturated rings. The maximum atomic E-state index is 13.2. The minimum atomic E-state index is -0.795. The van der Waals surface area contributed by atoms with Crippen LogP contribution in [0.2, 0.25) is 0 Å². The maximum Gasteiger partial charge on any atom is 0.159 e. The molecule has 0 spiro atoms. The van der Waals surface area contributed by atoms with E-state index in [1.54, 1.807) is 6.07 Å². The van der Waals surface area contributed by atoms with Gasteiger partial charge in [0.1, 0.15) is 0 Å². The Morgan fingerprint density at radius 3 is 2.44 bits per heavy atom. The number of rotatable bonds is 7. The molecule has 4 heteroatoms. The van der Waals surface area contributed by atoms with Crippen molar-refractivity contribution in [3.63, 3.8) is 0 Å². The molecule has 0 radical (unpaired) electrons. The Kier molecular flexibility index (Phi) is 5.69. The summed E-state index contributed by atoms with van der Waals surface area (Å²) in [5.41, 5.74) is 0.594. The third-order valence-corrected chi connectivity index (χ3v) is 3.05. The lowest BCUT2D eigenvalue weighted by molar-refractivity contribution is 0.454. The van der Waals surface area contributed by atoms with Crippen molar-refractivity contribution in [1.82, 2.24) is 10.6 Å². The van der Waals surface area contributed by atoms with Crippen LogP contribution in [0.15, 0.2) is 18.2 Å². The fourth-order valence-electron chi connectivity index (χ4n) is 1.81. The average molecular weight is 256 g/mol. The summed E-state index contributed by atoms with van der Waals surface area (Å²) in [5, 5.41) is 6.42. The monoisotopic (exact) mass is 256 g/mol. The van der Waals surface area contributed by atoms with Gasteiger partial charge in [-0.3, -0.25) is 0 Å². The van der Waals surface area contributed by atoms with Gasteiger partial charge in [-0.1, -0.05) is 19.9 Å². The van der Waals surface area contributed by atoms with E-state index in [-0.39, 0.29) is 5.41 Å². The first-order valence-corrected chi connectivity index (χ1v) is 6.28. The number of halogens is 2. The molecule has 18 heavy (non-hydrogen) atoms. The highest BCUT2D eigenvalue weighted by Gasteiger charge is 2.21. The molecule has 0 aromatic heterocycles. The van der Waals surface area contributed by atoms with E-state index in [9.17, 15) is 8.78 Å². The van der Waals surface area contributed by atoms with Gasteiger partial charge in [-0.25, -0.2) is 8.78 Å². The summed E-state index contributed by atoms with van der Waals surface area (Å²) < 4.78 is 26.1. The maximum absolute atomic E-state index is 13.2. The van der Waals surface area contributed by atoms with Gasteiger partial charge in [-0.2, -0.15) is 0 Å². The highest BCUT2D eigenvalue weighted by Crippen LogP contribution is 2.23. The van der Waals surface area contributed by atoms with Crippen LogP contribution in [0.5, 0.6) is 0 Å². The molecule has 102 valence electrons. The van der Waals surface area contributed by atoms with Crippen molar-refractivity contribution in [3.05, 3.63) is 35.4 Å². The number of hydrogen-bond acceptors (Lipinski definition) is 2. The third-order valence-electron chi connectivity index (χ3n) is 3.05. The van der Waals surface area contributed by atoms with E-state index in [2.05, 4.69) is 10.6 Å². The van der Waals surface area contributed by atoms with E-state index < -0.39 is 11.6 Å². The molecule has 0 aliphatic rings. The lowest BCUT2D eigenvalue weighted by Crippen LogP contribution is -2.34. The first-order valence-electron chi connectivity index (χ1n) is 6.28. The Labute approximate surface area is 108 Å². The number of hydrogen-bond donors (Lipinski definition) is 2. The summed E-state index contributed by atoms with van der Waals surface area (Å²) in [6.45, 7) is 6.66. The fraction of sp³-hybridized carbons (Fsp3) is 0.571. The molecule has 0 bridgehead atoms. The summed E-state index contributed by atoms with van der Waals surface area (Å²) in [5.74, 6) is -1.58. The van der Waals surface area contributed by atoms with Crippen LogP contribution in [0.3, 0.4) is 0 Å². The molecule has 0 amide bonds. The second kappa shape index (κ2) is 6.81. The fourth-order valence-corrected chi connectivity index (χ4v) is 1.81. The molecular formula is C14H22F2N2. The van der Waals surface area contributed by atoms with Gasteiger partial charge < -0.3 is 10.6 Å². The molecule has 0 atom stereocenters. The molecule has 1 rings (SSSR count). The summed E-state index contributed by atoms with van der Waals surface area (Å²) in [7, 11) is 1.92. The van der Waals surface area contributed by atoms with Gasteiger partial charge in [0.05, 0.1) is 0 Å². The van der Waals surface area contributed by atoms with Gasteiger partial charge in [0, 0.05) is 12.0 Å². The molecule has 0 heterocycles. The average Bonchev–Trinajstić information content (AvgIpc) is 2.32. The van der Waals surface area contributed by atoms with E-state index >= 15 is 0 Å². The Bertz CT molecular complexity index is 378. The second-order valence-corrected chi connectivity index (χ2v) is 5.15. The molecule has 0 aliphatic carbocycles. The molecule has 0 saturated heterocycles. The Hall–Kier alpha value is -1.00. The van der Waals surface area contributed by atoms with Crippen LogP contribution in [0.25, 0.3) is 0 Å². The van der Waals surface area contributed by atoms with Crippen molar-refractivity contribution in [3.8, 4) is 0 Å². The standard InChI is InChI=1S/C14H22F2N2/c1-14(2,10-18-8-4-7-17-3)11-5-6-12(15)13(16)9-11/h5-6,9,17-18H,4,7-8,10H2,1-3H3. The molecule has 2 nitrogen and oxygen atoms in total. The zero-order chi connectivity index (χ0) is 13.6. The van der Waals surface area contributed by atoms with Crippen LogP contribution in [0, 0.1) is 11.6 Å². The summed E-state index contributed by atoms with van der Waals surface area (Å²) in [4.78, 5) is 0. The minimum absolute atomic E-state index is 0.214. The van der Waals surface area contributed by atoms with Crippen LogP contribution in [0.4, 0.5) is 8.78 Å². The predicted molar refractivity (Wildman–Crippen MR) is 70.8 cm³/mol. The van der Waals surface area contributed by atoms with Crippen molar-refractivity contribution in [2.75, 3.05) is 26.7 Å². The summed E-state index contributed by atoms with van der Waals surface area (Å²) in [6, 6.07) is 4.12. The van der Waals surface area contributed by atoms with Gasteiger partial charge in [0.25, 0.3) is 0 Å². The highest BCUT2D eigenvalue weighted by atomic mass is 19.2. The molecule has 1 aromatic carbocycles. The normalized spacial score (nSPS) is 11.8. The van der Waals surface area contributed by atoms with E-state index in [1.807, 2.05) is 20.9 Å². The van der Waals surface area contributed by atoms with Gasteiger partial charge in [-0.05, 0) is 44.3 Å². The van der Waals surface area contributed by atoms with Crippen molar-refractivity contribution < 1.29 is 8.78 Å². The Balaban J connectivity index is 2.54. The zero-order valence-corrected chi connectivity index (χ0v) is 11.3. The number of benzene rings is 1. The topological polar surface area (TPSA) is 24.1 Å². The zero-order valence-electron chi connectivity index (χ0n) is 11.3. The first kappa shape index (κ1) is 15.1. The van der Waals surface area contributed by atoms with Crippen molar-refractivity contribution in [2.24, 2.45) is 0 Å². The van der Waals surface area contributed by atoms with Gasteiger partial charge in [-0.15, -0.1) is 0 Å².